The Morgan fingerprint density at radius 3 is 2.75 bits per heavy atom. The van der Waals surface area contributed by atoms with E-state index >= 15 is 0 Å². The lowest BCUT2D eigenvalue weighted by molar-refractivity contribution is 0.379. The SMILES string of the molecule is CCC1Cc2cc(OC)cc(OC)c2CN1. The fourth-order valence-corrected chi connectivity index (χ4v) is 2.23. The van der Waals surface area contributed by atoms with Gasteiger partial charge in [0.2, 0.25) is 0 Å². The number of nitrogens with one attached hydrogen (secondary N) is 1. The van der Waals surface area contributed by atoms with Crippen molar-refractivity contribution in [1.29, 1.82) is 0 Å². The summed E-state index contributed by atoms with van der Waals surface area (Å²) in [6.07, 6.45) is 2.21. The summed E-state index contributed by atoms with van der Waals surface area (Å²) in [6, 6.07) is 4.65. The molecule has 3 heteroatoms. The van der Waals surface area contributed by atoms with Gasteiger partial charge in [-0.1, -0.05) is 6.92 Å². The molecule has 1 heterocycles. The molecule has 1 aliphatic heterocycles. The Labute approximate surface area is 96.8 Å². The lowest BCUT2D eigenvalue weighted by atomic mass is 9.93. The summed E-state index contributed by atoms with van der Waals surface area (Å²) in [4.78, 5) is 0. The maximum absolute atomic E-state index is 5.40. The highest BCUT2D eigenvalue weighted by Crippen LogP contribution is 2.32. The van der Waals surface area contributed by atoms with Gasteiger partial charge in [-0.2, -0.15) is 0 Å². The zero-order valence-electron chi connectivity index (χ0n) is 10.2. The lowest BCUT2D eigenvalue weighted by Gasteiger charge is -2.27. The molecular weight excluding hydrogens is 202 g/mol. The quantitative estimate of drug-likeness (QED) is 0.848. The summed E-state index contributed by atoms with van der Waals surface area (Å²) in [5.74, 6) is 1.81. The number of hydrogen-bond acceptors (Lipinski definition) is 3. The van der Waals surface area contributed by atoms with Crippen LogP contribution >= 0.6 is 0 Å². The van der Waals surface area contributed by atoms with E-state index in [2.05, 4.69) is 18.3 Å². The molecule has 0 bridgehead atoms. The van der Waals surface area contributed by atoms with Crippen LogP contribution < -0.4 is 14.8 Å². The molecule has 1 aromatic carbocycles. The summed E-state index contributed by atoms with van der Waals surface area (Å²) >= 11 is 0. The van der Waals surface area contributed by atoms with Gasteiger partial charge in [-0.25, -0.2) is 0 Å². The van der Waals surface area contributed by atoms with Crippen molar-refractivity contribution in [3.63, 3.8) is 0 Å². The molecule has 1 aromatic rings. The summed E-state index contributed by atoms with van der Waals surface area (Å²) in [5.41, 5.74) is 2.62. The number of methoxy groups -OCH3 is 2. The van der Waals surface area contributed by atoms with Crippen molar-refractivity contribution in [2.75, 3.05) is 14.2 Å². The maximum Gasteiger partial charge on any atom is 0.127 e. The number of fused-ring (bicyclic) bond motifs is 1. The molecule has 0 saturated carbocycles. The first-order chi connectivity index (χ1) is 7.78. The highest BCUT2D eigenvalue weighted by atomic mass is 16.5. The van der Waals surface area contributed by atoms with E-state index in [-0.39, 0.29) is 0 Å². The molecule has 0 fully saturated rings. The summed E-state index contributed by atoms with van der Waals surface area (Å²) in [5, 5.41) is 3.52. The van der Waals surface area contributed by atoms with E-state index in [0.717, 1.165) is 30.9 Å². The van der Waals surface area contributed by atoms with Crippen LogP contribution in [-0.4, -0.2) is 20.3 Å². The van der Waals surface area contributed by atoms with Crippen molar-refractivity contribution in [3.05, 3.63) is 23.3 Å². The van der Waals surface area contributed by atoms with Gasteiger partial charge in [0.25, 0.3) is 0 Å². The molecule has 0 saturated heterocycles. The second kappa shape index (κ2) is 4.74. The standard InChI is InChI=1S/C13H19NO2/c1-4-10-5-9-6-11(15-2)7-13(16-3)12(9)8-14-10/h6-7,10,14H,4-5,8H2,1-3H3. The fraction of sp³-hybridized carbons (Fsp3) is 0.538. The van der Waals surface area contributed by atoms with E-state index in [1.54, 1.807) is 14.2 Å². The van der Waals surface area contributed by atoms with E-state index in [4.69, 9.17) is 9.47 Å². The van der Waals surface area contributed by atoms with Crippen LogP contribution in [0.3, 0.4) is 0 Å². The van der Waals surface area contributed by atoms with Crippen molar-refractivity contribution in [3.8, 4) is 11.5 Å². The van der Waals surface area contributed by atoms with Gasteiger partial charge >= 0.3 is 0 Å². The number of rotatable bonds is 3. The van der Waals surface area contributed by atoms with Crippen molar-refractivity contribution < 1.29 is 9.47 Å². The van der Waals surface area contributed by atoms with Gasteiger partial charge in [-0.05, 0) is 24.5 Å². The molecule has 0 amide bonds. The van der Waals surface area contributed by atoms with Crippen molar-refractivity contribution in [1.82, 2.24) is 5.32 Å². The van der Waals surface area contributed by atoms with E-state index in [9.17, 15) is 0 Å². The predicted octanol–water partition coefficient (Wildman–Crippen LogP) is 2.13. The van der Waals surface area contributed by atoms with E-state index in [1.807, 2.05) is 6.07 Å². The zero-order valence-corrected chi connectivity index (χ0v) is 10.2. The molecule has 88 valence electrons. The molecular formula is C13H19NO2. The van der Waals surface area contributed by atoms with E-state index in [0.29, 0.717) is 6.04 Å². The smallest absolute Gasteiger partial charge is 0.127 e. The monoisotopic (exact) mass is 221 g/mol. The Balaban J connectivity index is 2.38. The number of benzene rings is 1. The average molecular weight is 221 g/mol. The zero-order chi connectivity index (χ0) is 11.5. The van der Waals surface area contributed by atoms with E-state index < -0.39 is 0 Å². The Hall–Kier alpha value is -1.22. The first-order valence-electron chi connectivity index (χ1n) is 5.75. The van der Waals surface area contributed by atoms with Gasteiger partial charge in [0.15, 0.2) is 0 Å². The Morgan fingerprint density at radius 1 is 1.31 bits per heavy atom. The normalized spacial score (nSPS) is 19.1. The highest BCUT2D eigenvalue weighted by Gasteiger charge is 2.20. The van der Waals surface area contributed by atoms with Crippen LogP contribution in [0.25, 0.3) is 0 Å². The van der Waals surface area contributed by atoms with Crippen molar-refractivity contribution in [2.24, 2.45) is 0 Å². The molecule has 1 N–H and O–H groups in total. The largest absolute Gasteiger partial charge is 0.497 e. The first-order valence-corrected chi connectivity index (χ1v) is 5.75. The Bertz CT molecular complexity index is 376. The van der Waals surface area contributed by atoms with Crippen molar-refractivity contribution >= 4 is 0 Å². The third kappa shape index (κ3) is 2.00. The minimum Gasteiger partial charge on any atom is -0.497 e. The van der Waals surface area contributed by atoms with Crippen LogP contribution in [0.4, 0.5) is 0 Å². The van der Waals surface area contributed by atoms with Crippen LogP contribution in [0.5, 0.6) is 11.5 Å². The molecule has 0 radical (unpaired) electrons. The van der Waals surface area contributed by atoms with Crippen LogP contribution in [0.2, 0.25) is 0 Å². The minimum atomic E-state index is 0.573. The summed E-state index contributed by atoms with van der Waals surface area (Å²) in [6.45, 7) is 3.10. The average Bonchev–Trinajstić information content (AvgIpc) is 2.36. The molecule has 1 unspecified atom stereocenters. The van der Waals surface area contributed by atoms with Gasteiger partial charge in [0.1, 0.15) is 11.5 Å². The minimum absolute atomic E-state index is 0.573. The number of ether oxygens (including phenoxy) is 2. The third-order valence-corrected chi connectivity index (χ3v) is 3.26. The topological polar surface area (TPSA) is 30.5 Å². The molecule has 0 spiro atoms. The second-order valence-electron chi connectivity index (χ2n) is 4.16. The Morgan fingerprint density at radius 2 is 2.12 bits per heavy atom. The van der Waals surface area contributed by atoms with Gasteiger partial charge in [-0.3, -0.25) is 0 Å². The number of hydrogen-bond donors (Lipinski definition) is 1. The van der Waals surface area contributed by atoms with Crippen molar-refractivity contribution in [2.45, 2.75) is 32.4 Å². The van der Waals surface area contributed by atoms with Crippen LogP contribution in [0.1, 0.15) is 24.5 Å². The van der Waals surface area contributed by atoms with Gasteiger partial charge in [-0.15, -0.1) is 0 Å². The second-order valence-corrected chi connectivity index (χ2v) is 4.16. The third-order valence-electron chi connectivity index (χ3n) is 3.26. The van der Waals surface area contributed by atoms with Gasteiger partial charge < -0.3 is 14.8 Å². The first kappa shape index (κ1) is 11.3. The maximum atomic E-state index is 5.40. The van der Waals surface area contributed by atoms with Crippen LogP contribution in [0.15, 0.2) is 12.1 Å². The van der Waals surface area contributed by atoms with Crippen LogP contribution in [-0.2, 0) is 13.0 Å². The lowest BCUT2D eigenvalue weighted by Crippen LogP contribution is -2.35. The summed E-state index contributed by atoms with van der Waals surface area (Å²) < 4.78 is 10.7. The Kier molecular flexibility index (Phi) is 3.34. The molecule has 1 aliphatic rings. The molecule has 2 rings (SSSR count). The molecule has 16 heavy (non-hydrogen) atoms. The fourth-order valence-electron chi connectivity index (χ4n) is 2.23. The van der Waals surface area contributed by atoms with E-state index in [1.165, 1.54) is 11.1 Å². The highest BCUT2D eigenvalue weighted by molar-refractivity contribution is 5.48. The van der Waals surface area contributed by atoms with Gasteiger partial charge in [0, 0.05) is 24.2 Å². The molecule has 1 atom stereocenters. The summed E-state index contributed by atoms with van der Waals surface area (Å²) in [7, 11) is 3.40. The molecule has 0 aromatic heterocycles. The van der Waals surface area contributed by atoms with Crippen LogP contribution in [0, 0.1) is 0 Å². The molecule has 0 aliphatic carbocycles. The predicted molar refractivity (Wildman–Crippen MR) is 64.2 cm³/mol. The van der Waals surface area contributed by atoms with Gasteiger partial charge in [0.05, 0.1) is 14.2 Å². The molecule has 3 nitrogen and oxygen atoms in total.